The Labute approximate surface area is 405 Å². The Balaban J connectivity index is 1.48. The molecule has 5 heterocycles. The molecule has 5 atom stereocenters. The van der Waals surface area contributed by atoms with E-state index in [1.165, 1.54) is 47.3 Å². The maximum Gasteiger partial charge on any atom is 0.406 e. The van der Waals surface area contributed by atoms with Crippen molar-refractivity contribution in [3.63, 3.8) is 0 Å². The lowest BCUT2D eigenvalue weighted by molar-refractivity contribution is -0.189. The summed E-state index contributed by atoms with van der Waals surface area (Å²) >= 11 is 0. The number of carbonyl (C=O) groups excluding carboxylic acids is 5. The van der Waals surface area contributed by atoms with E-state index >= 15 is 0 Å². The summed E-state index contributed by atoms with van der Waals surface area (Å²) in [5, 5.41) is 24.5. The van der Waals surface area contributed by atoms with E-state index < -0.39 is 78.1 Å². The lowest BCUT2D eigenvalue weighted by Gasteiger charge is -2.40. The molecule has 18 nitrogen and oxygen atoms in total. The third kappa shape index (κ3) is 11.5. The number of alkyl halides is 3. The van der Waals surface area contributed by atoms with Crippen molar-refractivity contribution in [1.82, 2.24) is 40.3 Å². The van der Waals surface area contributed by atoms with Gasteiger partial charge in [0, 0.05) is 73.4 Å². The summed E-state index contributed by atoms with van der Waals surface area (Å²) in [5.74, 6) is -4.50. The number of allylic oxidation sites excluding steroid dienone is 2. The van der Waals surface area contributed by atoms with Crippen molar-refractivity contribution in [2.75, 3.05) is 39.9 Å². The third-order valence-electron chi connectivity index (χ3n) is 12.8. The Kier molecular flexibility index (Phi) is 16.3. The average Bonchev–Trinajstić information content (AvgIpc) is 4.05. The van der Waals surface area contributed by atoms with Crippen LogP contribution in [0.25, 0.3) is 27.9 Å². The molecule has 2 saturated heterocycles. The second kappa shape index (κ2) is 21.4. The van der Waals surface area contributed by atoms with Crippen LogP contribution in [0.3, 0.4) is 0 Å². The van der Waals surface area contributed by atoms with Gasteiger partial charge in [0.15, 0.2) is 0 Å². The molecule has 4 amide bonds. The molecule has 3 aliphatic rings. The topological polar surface area (TPSA) is 214 Å². The molecule has 21 heteroatoms. The number of likely N-dealkylation sites (tertiary alicyclic amines) is 1. The number of benzene rings is 1. The minimum Gasteiger partial charge on any atom is -0.462 e. The van der Waals surface area contributed by atoms with E-state index in [1.54, 1.807) is 54.5 Å². The molecule has 6 rings (SSSR count). The van der Waals surface area contributed by atoms with Gasteiger partial charge in [-0.1, -0.05) is 46.9 Å². The number of likely N-dealkylation sites (N-methyl/N-ethyl adjacent to an activating group) is 1. The summed E-state index contributed by atoms with van der Waals surface area (Å²) in [6.45, 7) is 18.8. The van der Waals surface area contributed by atoms with Crippen LogP contribution in [0, 0.1) is 17.3 Å². The van der Waals surface area contributed by atoms with E-state index in [0.29, 0.717) is 41.8 Å². The highest BCUT2D eigenvalue weighted by molar-refractivity contribution is 5.96. The zero-order valence-corrected chi connectivity index (χ0v) is 41.0. The number of hydrogen-bond donors (Lipinski definition) is 3. The van der Waals surface area contributed by atoms with Crippen LogP contribution in [0.2, 0.25) is 0 Å². The van der Waals surface area contributed by atoms with E-state index in [2.05, 4.69) is 39.1 Å². The van der Waals surface area contributed by atoms with Crippen LogP contribution in [-0.4, -0.2) is 140 Å². The number of ether oxygens (including phenoxy) is 2. The summed E-state index contributed by atoms with van der Waals surface area (Å²) in [6.07, 6.45) is -1.24. The largest absolute Gasteiger partial charge is 0.462 e. The molecule has 0 unspecified atom stereocenters. The Morgan fingerprint density at radius 3 is 2.51 bits per heavy atom. The average molecular weight is 980 g/mol. The monoisotopic (exact) mass is 979 g/mol. The number of aliphatic imine (C=N–C) groups is 1. The fraction of sp³-hybridized carbons (Fsp3) is 0.551. The Bertz CT molecular complexity index is 2570. The number of aliphatic hydroxyl groups is 1. The maximum absolute atomic E-state index is 14.7. The number of carbonyl (C=O) groups is 5. The van der Waals surface area contributed by atoms with Crippen molar-refractivity contribution in [2.24, 2.45) is 22.2 Å². The fourth-order valence-corrected chi connectivity index (χ4v) is 9.54. The van der Waals surface area contributed by atoms with Gasteiger partial charge in [0.1, 0.15) is 18.6 Å². The highest BCUT2D eigenvalue weighted by Crippen LogP contribution is 2.41. The van der Waals surface area contributed by atoms with Gasteiger partial charge < -0.3 is 38.7 Å². The van der Waals surface area contributed by atoms with Gasteiger partial charge in [-0.3, -0.25) is 29.2 Å². The number of halogens is 3. The molecule has 0 spiro atoms. The van der Waals surface area contributed by atoms with Gasteiger partial charge in [-0.05, 0) is 75.8 Å². The van der Waals surface area contributed by atoms with Gasteiger partial charge in [-0.25, -0.2) is 4.79 Å². The first-order valence-corrected chi connectivity index (χ1v) is 23.4. The molecular formula is C49H64F3N9O9. The molecule has 70 heavy (non-hydrogen) atoms. The van der Waals surface area contributed by atoms with E-state index in [1.807, 2.05) is 0 Å². The highest BCUT2D eigenvalue weighted by atomic mass is 19.4. The number of cyclic esters (lactones) is 1. The highest BCUT2D eigenvalue weighted by Gasteiger charge is 2.46. The first-order valence-electron chi connectivity index (χ1n) is 23.4. The van der Waals surface area contributed by atoms with E-state index in [0.717, 1.165) is 9.58 Å². The minimum atomic E-state index is -4.69. The van der Waals surface area contributed by atoms with Crippen LogP contribution < -0.4 is 10.7 Å². The molecule has 1 aromatic carbocycles. The standard InChI is InChI=1S/C49H64F3N9O9/c1-11-32(39(53-13-3)29(7)68-14-4)41-34-24-47(8,9)27-69-46(66)48(67)19-15-20-61(57-48)45(65)35(54-42(63)40(28(5)6)58(10)44(64)31-18-21-59(25-31)38(62)12-2)23-37-55-56-43(70-37)30-16-17-36(33(34)22-30)60(41)26-49(50,51)52/h11-13,16-17,22,28-29,31,35,40,57,67H,1-2,14-15,18-21,23-27H2,3-10H3,(H,54,63)/b39-32+,53-13-/t29-,31-,35-,40-,48-/m0/s1. The molecule has 2 fully saturated rings. The Morgan fingerprint density at radius 2 is 1.87 bits per heavy atom. The molecule has 2 aromatic heterocycles. The van der Waals surface area contributed by atoms with Gasteiger partial charge in [0.25, 0.3) is 5.91 Å². The molecule has 3 N–H and O–H groups in total. The lowest BCUT2D eigenvalue weighted by Crippen LogP contribution is -2.67. The molecule has 0 saturated carbocycles. The quantitative estimate of drug-likeness (QED) is 0.0878. The lowest BCUT2D eigenvalue weighted by atomic mass is 9.84. The number of rotatable bonds is 13. The van der Waals surface area contributed by atoms with Crippen LogP contribution in [0.15, 0.2) is 58.6 Å². The predicted molar refractivity (Wildman–Crippen MR) is 253 cm³/mol. The normalized spacial score (nSPS) is 22.4. The van der Waals surface area contributed by atoms with Crippen LogP contribution in [-0.2, 0) is 52.8 Å². The first-order chi connectivity index (χ1) is 33.0. The van der Waals surface area contributed by atoms with Crippen molar-refractivity contribution in [3.8, 4) is 11.5 Å². The molecular weight excluding hydrogens is 916 g/mol. The van der Waals surface area contributed by atoms with Crippen molar-refractivity contribution in [1.29, 1.82) is 0 Å². The van der Waals surface area contributed by atoms with Gasteiger partial charge >= 0.3 is 12.1 Å². The number of hydrogen-bond acceptors (Lipinski definition) is 13. The number of amides is 4. The number of aromatic nitrogens is 3. The predicted octanol–water partition coefficient (Wildman–Crippen LogP) is 5.15. The van der Waals surface area contributed by atoms with Crippen molar-refractivity contribution in [3.05, 3.63) is 66.4 Å². The van der Waals surface area contributed by atoms with Crippen molar-refractivity contribution >= 4 is 52.3 Å². The molecule has 3 aromatic rings. The summed E-state index contributed by atoms with van der Waals surface area (Å²) in [7, 11) is 1.48. The van der Waals surface area contributed by atoms with Gasteiger partial charge in [0.05, 0.1) is 36.4 Å². The zero-order chi connectivity index (χ0) is 51.5. The van der Waals surface area contributed by atoms with Crippen LogP contribution >= 0.6 is 0 Å². The maximum atomic E-state index is 14.7. The molecule has 6 bridgehead atoms. The second-order valence-electron chi connectivity index (χ2n) is 19.1. The van der Waals surface area contributed by atoms with Crippen molar-refractivity contribution < 1.29 is 56.1 Å². The van der Waals surface area contributed by atoms with Gasteiger partial charge in [-0.2, -0.15) is 18.6 Å². The number of nitrogens with one attached hydrogen (secondary N) is 2. The van der Waals surface area contributed by atoms with Crippen LogP contribution in [0.5, 0.6) is 0 Å². The second-order valence-corrected chi connectivity index (χ2v) is 19.1. The van der Waals surface area contributed by atoms with E-state index in [4.69, 9.17) is 13.9 Å². The fourth-order valence-electron chi connectivity index (χ4n) is 9.54. The smallest absolute Gasteiger partial charge is 0.406 e. The number of nitrogens with zero attached hydrogens (tertiary/aromatic N) is 7. The number of esters is 1. The molecule has 0 aliphatic carbocycles. The minimum absolute atomic E-state index is 0.000588. The van der Waals surface area contributed by atoms with E-state index in [9.17, 15) is 42.3 Å². The third-order valence-corrected chi connectivity index (χ3v) is 12.8. The molecule has 380 valence electrons. The Hall–Kier alpha value is -6.19. The summed E-state index contributed by atoms with van der Waals surface area (Å²) in [5.41, 5.74) is 0.924. The Morgan fingerprint density at radius 1 is 1.14 bits per heavy atom. The van der Waals surface area contributed by atoms with Crippen molar-refractivity contribution in [2.45, 2.75) is 117 Å². The summed E-state index contributed by atoms with van der Waals surface area (Å²) in [4.78, 5) is 76.4. The SMILES string of the molecule is C=CC(=O)N1CC[C@H](C(=O)N(C)[C@H](C(=O)N[C@H]2Cc3nnc(o3)-c3ccc4c(c3)c(c(/C(C=C)=C(/N=C\C)[C@H](C)OCC)n4CC(F)(F)F)CC(C)(C)COC(=O)[C@@]3(O)CCCN(N3)C2=O)C(C)C)C1. The molecule has 0 radical (unpaired) electrons. The number of hydrazine groups is 1. The van der Waals surface area contributed by atoms with E-state index in [-0.39, 0.29) is 79.3 Å². The van der Waals surface area contributed by atoms with Gasteiger partial charge in [-0.15, -0.1) is 10.2 Å². The van der Waals surface area contributed by atoms with Crippen LogP contribution in [0.4, 0.5) is 13.2 Å². The van der Waals surface area contributed by atoms with Crippen LogP contribution in [0.1, 0.15) is 84.9 Å². The zero-order valence-electron chi connectivity index (χ0n) is 41.0. The summed E-state index contributed by atoms with van der Waals surface area (Å²) < 4.78 is 63.2. The first kappa shape index (κ1) is 53.2. The van der Waals surface area contributed by atoms with Gasteiger partial charge in [0.2, 0.25) is 35.2 Å². The summed E-state index contributed by atoms with van der Waals surface area (Å²) in [6, 6.07) is 2.11. The number of fused-ring (bicyclic) bond motifs is 6. The molecule has 3 aliphatic heterocycles.